The second-order valence-electron chi connectivity index (χ2n) is 7.13. The van der Waals surface area contributed by atoms with Gasteiger partial charge in [0, 0.05) is 23.7 Å². The monoisotopic (exact) mass is 409 g/mol. The lowest BCUT2D eigenvalue weighted by Crippen LogP contribution is -2.12. The fraction of sp³-hybridized carbons (Fsp3) is 0.0741. The summed E-state index contributed by atoms with van der Waals surface area (Å²) < 4.78 is 5.84. The van der Waals surface area contributed by atoms with Crippen molar-refractivity contribution in [2.24, 2.45) is 0 Å². The molecule has 0 aliphatic rings. The second-order valence-corrected chi connectivity index (χ2v) is 7.13. The number of nitrogens with one attached hydrogen (secondary N) is 1. The molecule has 4 heteroatoms. The summed E-state index contributed by atoms with van der Waals surface area (Å²) >= 11 is 0. The minimum atomic E-state index is -0.378. The largest absolute Gasteiger partial charge is 0.506 e. The Balaban J connectivity index is 1.44. The van der Waals surface area contributed by atoms with E-state index < -0.39 is 0 Å². The van der Waals surface area contributed by atoms with E-state index in [1.54, 1.807) is 30.3 Å². The van der Waals surface area contributed by atoms with Crippen molar-refractivity contribution in [1.82, 2.24) is 0 Å². The summed E-state index contributed by atoms with van der Waals surface area (Å²) in [6.45, 7) is 0.543. The molecule has 0 unspecified atom stereocenters. The molecule has 0 atom stereocenters. The van der Waals surface area contributed by atoms with Gasteiger partial charge in [0.2, 0.25) is 0 Å². The first-order valence-corrected chi connectivity index (χ1v) is 10.2. The Bertz CT molecular complexity index is 1160. The molecular weight excluding hydrogens is 386 g/mol. The van der Waals surface area contributed by atoms with Gasteiger partial charge in [0.1, 0.15) is 11.5 Å². The molecule has 0 radical (unpaired) electrons. The van der Waals surface area contributed by atoms with E-state index >= 15 is 0 Å². The van der Waals surface area contributed by atoms with Crippen LogP contribution in [0.4, 0.5) is 5.69 Å². The van der Waals surface area contributed by atoms with Crippen LogP contribution in [0.15, 0.2) is 103 Å². The van der Waals surface area contributed by atoms with Gasteiger partial charge in [-0.3, -0.25) is 4.79 Å². The number of hydrogen-bond donors (Lipinski definition) is 2. The van der Waals surface area contributed by atoms with Crippen LogP contribution in [0.1, 0.15) is 15.9 Å². The van der Waals surface area contributed by atoms with Gasteiger partial charge in [-0.2, -0.15) is 0 Å². The van der Waals surface area contributed by atoms with E-state index in [-0.39, 0.29) is 17.2 Å². The Hall–Kier alpha value is -4.05. The SMILES string of the molecule is O=C(Nc1cccc(OCCc2ccccc2)c1)c1cccc(-c2ccccc2)c1O. The first-order chi connectivity index (χ1) is 15.2. The number of carbonyl (C=O) groups excluding carboxylic acids is 1. The van der Waals surface area contributed by atoms with Crippen molar-refractivity contribution in [2.45, 2.75) is 6.42 Å². The molecule has 0 aliphatic carbocycles. The molecular formula is C27H23NO3. The molecule has 0 bridgehead atoms. The zero-order valence-corrected chi connectivity index (χ0v) is 17.0. The third-order valence-electron chi connectivity index (χ3n) is 4.96. The summed E-state index contributed by atoms with van der Waals surface area (Å²) in [6.07, 6.45) is 0.803. The van der Waals surface area contributed by atoms with Gasteiger partial charge >= 0.3 is 0 Å². The van der Waals surface area contributed by atoms with Crippen LogP contribution in [0.5, 0.6) is 11.5 Å². The summed E-state index contributed by atoms with van der Waals surface area (Å²) in [4.78, 5) is 12.8. The lowest BCUT2D eigenvalue weighted by Gasteiger charge is -2.12. The Morgan fingerprint density at radius 2 is 1.52 bits per heavy atom. The number of hydrogen-bond acceptors (Lipinski definition) is 3. The van der Waals surface area contributed by atoms with Crippen molar-refractivity contribution in [3.63, 3.8) is 0 Å². The molecule has 0 fully saturated rings. The number of phenols is 1. The molecule has 4 nitrogen and oxygen atoms in total. The smallest absolute Gasteiger partial charge is 0.259 e. The number of phenolic OH excluding ortho intramolecular Hbond substituents is 1. The molecule has 2 N–H and O–H groups in total. The van der Waals surface area contributed by atoms with E-state index in [4.69, 9.17) is 4.74 Å². The summed E-state index contributed by atoms with van der Waals surface area (Å²) in [5.41, 5.74) is 3.50. The topological polar surface area (TPSA) is 58.6 Å². The maximum Gasteiger partial charge on any atom is 0.259 e. The van der Waals surface area contributed by atoms with E-state index in [0.29, 0.717) is 23.6 Å². The minimum Gasteiger partial charge on any atom is -0.506 e. The number of carbonyl (C=O) groups is 1. The minimum absolute atomic E-state index is 0.0403. The van der Waals surface area contributed by atoms with Crippen molar-refractivity contribution in [3.8, 4) is 22.6 Å². The van der Waals surface area contributed by atoms with Crippen molar-refractivity contribution >= 4 is 11.6 Å². The average molecular weight is 409 g/mol. The number of aromatic hydroxyl groups is 1. The molecule has 1 amide bonds. The van der Waals surface area contributed by atoms with E-state index in [1.165, 1.54) is 5.56 Å². The molecule has 0 aliphatic heterocycles. The second kappa shape index (κ2) is 9.63. The van der Waals surface area contributed by atoms with Crippen LogP contribution < -0.4 is 10.1 Å². The number of para-hydroxylation sites is 1. The van der Waals surface area contributed by atoms with Gasteiger partial charge in [-0.1, -0.05) is 78.9 Å². The predicted molar refractivity (Wildman–Crippen MR) is 124 cm³/mol. The Morgan fingerprint density at radius 3 is 2.29 bits per heavy atom. The Labute approximate surface area is 181 Å². The highest BCUT2D eigenvalue weighted by molar-refractivity contribution is 6.07. The van der Waals surface area contributed by atoms with Crippen molar-refractivity contribution in [1.29, 1.82) is 0 Å². The lowest BCUT2D eigenvalue weighted by atomic mass is 10.0. The maximum absolute atomic E-state index is 12.8. The van der Waals surface area contributed by atoms with Gasteiger partial charge < -0.3 is 15.2 Å². The van der Waals surface area contributed by atoms with Crippen LogP contribution in [0, 0.1) is 0 Å². The molecule has 0 heterocycles. The molecule has 4 aromatic rings. The highest BCUT2D eigenvalue weighted by Gasteiger charge is 2.15. The highest BCUT2D eigenvalue weighted by atomic mass is 16.5. The van der Waals surface area contributed by atoms with Gasteiger partial charge in [-0.05, 0) is 29.3 Å². The van der Waals surface area contributed by atoms with Crippen LogP contribution in [0.25, 0.3) is 11.1 Å². The quantitative estimate of drug-likeness (QED) is 0.398. The first-order valence-electron chi connectivity index (χ1n) is 10.2. The summed E-state index contributed by atoms with van der Waals surface area (Å²) in [5, 5.41) is 13.5. The number of benzene rings is 4. The fourth-order valence-corrected chi connectivity index (χ4v) is 3.37. The van der Waals surface area contributed by atoms with Gasteiger partial charge in [-0.25, -0.2) is 0 Å². The van der Waals surface area contributed by atoms with Crippen LogP contribution in [0.3, 0.4) is 0 Å². The van der Waals surface area contributed by atoms with E-state index in [2.05, 4.69) is 17.4 Å². The highest BCUT2D eigenvalue weighted by Crippen LogP contribution is 2.32. The average Bonchev–Trinajstić information content (AvgIpc) is 2.81. The summed E-state index contributed by atoms with van der Waals surface area (Å²) in [6, 6.07) is 32.0. The maximum atomic E-state index is 12.8. The van der Waals surface area contributed by atoms with Crippen molar-refractivity contribution in [3.05, 3.63) is 114 Å². The molecule has 0 saturated carbocycles. The van der Waals surface area contributed by atoms with Gasteiger partial charge in [0.05, 0.1) is 12.2 Å². The lowest BCUT2D eigenvalue weighted by molar-refractivity contribution is 0.102. The molecule has 0 aromatic heterocycles. The number of amides is 1. The van der Waals surface area contributed by atoms with Crippen LogP contribution in [-0.4, -0.2) is 17.6 Å². The van der Waals surface area contributed by atoms with Crippen molar-refractivity contribution in [2.75, 3.05) is 11.9 Å². The van der Waals surface area contributed by atoms with Gasteiger partial charge in [0.15, 0.2) is 0 Å². The zero-order chi connectivity index (χ0) is 21.5. The van der Waals surface area contributed by atoms with Crippen molar-refractivity contribution < 1.29 is 14.6 Å². The third-order valence-corrected chi connectivity index (χ3v) is 4.96. The molecule has 154 valence electrons. The fourth-order valence-electron chi connectivity index (χ4n) is 3.37. The number of rotatable bonds is 7. The summed E-state index contributed by atoms with van der Waals surface area (Å²) in [5.74, 6) is 0.258. The van der Waals surface area contributed by atoms with E-state index in [0.717, 1.165) is 12.0 Å². The summed E-state index contributed by atoms with van der Waals surface area (Å²) in [7, 11) is 0. The van der Waals surface area contributed by atoms with Gasteiger partial charge in [0.25, 0.3) is 5.91 Å². The van der Waals surface area contributed by atoms with Crippen LogP contribution in [0.2, 0.25) is 0 Å². The zero-order valence-electron chi connectivity index (χ0n) is 17.0. The van der Waals surface area contributed by atoms with Crippen LogP contribution >= 0.6 is 0 Å². The normalized spacial score (nSPS) is 10.5. The third kappa shape index (κ3) is 5.11. The molecule has 31 heavy (non-hydrogen) atoms. The van der Waals surface area contributed by atoms with E-state index in [1.807, 2.05) is 60.7 Å². The standard InChI is InChI=1S/C27H23NO3/c29-26-24(21-11-5-2-6-12-21)15-8-16-25(26)27(30)28-22-13-7-14-23(19-22)31-18-17-20-9-3-1-4-10-20/h1-16,19,29H,17-18H2,(H,28,30). The van der Waals surface area contributed by atoms with Gasteiger partial charge in [-0.15, -0.1) is 0 Å². The predicted octanol–water partition coefficient (Wildman–Crippen LogP) is 5.93. The number of ether oxygens (including phenoxy) is 1. The van der Waals surface area contributed by atoms with Crippen LogP contribution in [-0.2, 0) is 6.42 Å². The Morgan fingerprint density at radius 1 is 0.806 bits per heavy atom. The van der Waals surface area contributed by atoms with E-state index in [9.17, 15) is 9.90 Å². The molecule has 4 rings (SSSR count). The number of anilines is 1. The first kappa shape index (κ1) is 20.2. The Kier molecular flexibility index (Phi) is 6.29. The molecule has 0 spiro atoms. The molecule has 4 aromatic carbocycles. The molecule has 0 saturated heterocycles.